The Kier molecular flexibility index (Phi) is 3.74. The monoisotopic (exact) mass is 282 g/mol. The average molecular weight is 283 g/mol. The van der Waals surface area contributed by atoms with Gasteiger partial charge in [0.05, 0.1) is 16.3 Å². The van der Waals surface area contributed by atoms with Gasteiger partial charge in [0.1, 0.15) is 0 Å². The van der Waals surface area contributed by atoms with Crippen LogP contribution < -0.4 is 11.1 Å². The summed E-state index contributed by atoms with van der Waals surface area (Å²) in [5, 5.41) is 16.4. The summed E-state index contributed by atoms with van der Waals surface area (Å²) in [5.74, 6) is -1.06. The third-order valence-corrected chi connectivity index (χ3v) is 3.42. The van der Waals surface area contributed by atoms with Crippen LogP contribution in [0.2, 0.25) is 5.02 Å². The topological polar surface area (TPSA) is 75.3 Å². The first-order valence-electron chi connectivity index (χ1n) is 5.15. The van der Waals surface area contributed by atoms with Gasteiger partial charge in [0, 0.05) is 12.2 Å². The molecule has 4 nitrogen and oxygen atoms in total. The summed E-state index contributed by atoms with van der Waals surface area (Å²) in [4.78, 5) is 11.1. The third-order valence-electron chi connectivity index (χ3n) is 2.39. The first-order chi connectivity index (χ1) is 8.58. The van der Waals surface area contributed by atoms with Gasteiger partial charge in [0.2, 0.25) is 0 Å². The van der Waals surface area contributed by atoms with Crippen LogP contribution in [0.3, 0.4) is 0 Å². The van der Waals surface area contributed by atoms with Gasteiger partial charge >= 0.3 is 5.97 Å². The molecule has 0 spiro atoms. The lowest BCUT2D eigenvalue weighted by Crippen LogP contribution is -2.07. The van der Waals surface area contributed by atoms with E-state index >= 15 is 0 Å². The maximum absolute atomic E-state index is 11.1. The van der Waals surface area contributed by atoms with Crippen molar-refractivity contribution in [2.24, 2.45) is 0 Å². The number of hydrogen-bond donors (Lipinski definition) is 3. The van der Waals surface area contributed by atoms with Gasteiger partial charge in [-0.25, -0.2) is 4.79 Å². The van der Waals surface area contributed by atoms with Gasteiger partial charge in [-0.05, 0) is 34.5 Å². The molecule has 0 aliphatic rings. The summed E-state index contributed by atoms with van der Waals surface area (Å²) in [6.07, 6.45) is 0. The number of rotatable bonds is 4. The number of carboxylic acid groups (broad SMARTS) is 1. The molecule has 0 atom stereocenters. The van der Waals surface area contributed by atoms with Crippen molar-refractivity contribution < 1.29 is 9.90 Å². The number of benzene rings is 1. The zero-order valence-electron chi connectivity index (χ0n) is 9.31. The fourth-order valence-electron chi connectivity index (χ4n) is 1.56. The smallest absolute Gasteiger partial charge is 0.337 e. The van der Waals surface area contributed by atoms with Crippen LogP contribution in [0.15, 0.2) is 29.0 Å². The maximum Gasteiger partial charge on any atom is 0.337 e. The van der Waals surface area contributed by atoms with Gasteiger partial charge in [-0.1, -0.05) is 11.6 Å². The predicted molar refractivity (Wildman–Crippen MR) is 74.5 cm³/mol. The predicted octanol–water partition coefficient (Wildman–Crippen LogP) is 3.29. The quantitative estimate of drug-likeness (QED) is 0.752. The van der Waals surface area contributed by atoms with Gasteiger partial charge in [0.15, 0.2) is 0 Å². The zero-order chi connectivity index (χ0) is 13.1. The van der Waals surface area contributed by atoms with Crippen molar-refractivity contribution in [2.75, 3.05) is 11.1 Å². The summed E-state index contributed by atoms with van der Waals surface area (Å²) in [6, 6.07) is 4.89. The SMILES string of the molecule is Nc1cc(Cl)c(NCc2ccsc2)c(C(=O)O)c1. The van der Waals surface area contributed by atoms with E-state index in [0.717, 1.165) is 5.56 Å². The van der Waals surface area contributed by atoms with E-state index in [9.17, 15) is 4.79 Å². The number of thiophene rings is 1. The number of halogens is 1. The molecule has 2 rings (SSSR count). The summed E-state index contributed by atoms with van der Waals surface area (Å²) < 4.78 is 0. The molecule has 0 aliphatic heterocycles. The second-order valence-corrected chi connectivity index (χ2v) is 4.90. The first-order valence-corrected chi connectivity index (χ1v) is 6.47. The van der Waals surface area contributed by atoms with Crippen molar-refractivity contribution >= 4 is 40.3 Å². The van der Waals surface area contributed by atoms with Gasteiger partial charge < -0.3 is 16.2 Å². The molecule has 0 saturated heterocycles. The van der Waals surface area contributed by atoms with Crippen molar-refractivity contribution in [1.29, 1.82) is 0 Å². The Labute approximate surface area is 113 Å². The fourth-order valence-corrected chi connectivity index (χ4v) is 2.52. The molecule has 6 heteroatoms. The van der Waals surface area contributed by atoms with Crippen LogP contribution >= 0.6 is 22.9 Å². The van der Waals surface area contributed by atoms with E-state index in [1.807, 2.05) is 16.8 Å². The van der Waals surface area contributed by atoms with Crippen LogP contribution in [0.25, 0.3) is 0 Å². The van der Waals surface area contributed by atoms with E-state index in [1.165, 1.54) is 12.1 Å². The molecule has 0 radical (unpaired) electrons. The van der Waals surface area contributed by atoms with E-state index in [4.69, 9.17) is 22.4 Å². The van der Waals surface area contributed by atoms with Gasteiger partial charge in [0.25, 0.3) is 0 Å². The van der Waals surface area contributed by atoms with Gasteiger partial charge in [-0.2, -0.15) is 11.3 Å². The molecule has 0 saturated carbocycles. The van der Waals surface area contributed by atoms with Gasteiger partial charge in [-0.3, -0.25) is 0 Å². The highest BCUT2D eigenvalue weighted by Crippen LogP contribution is 2.29. The van der Waals surface area contributed by atoms with Crippen LogP contribution in [0.4, 0.5) is 11.4 Å². The molecule has 1 aromatic carbocycles. The van der Waals surface area contributed by atoms with Crippen molar-refractivity contribution in [3.63, 3.8) is 0 Å². The molecule has 1 aromatic heterocycles. The summed E-state index contributed by atoms with van der Waals surface area (Å²) in [5.41, 5.74) is 7.46. The number of nitrogens with two attached hydrogens (primary N) is 1. The van der Waals surface area contributed by atoms with Crippen molar-refractivity contribution in [3.8, 4) is 0 Å². The van der Waals surface area contributed by atoms with E-state index < -0.39 is 5.97 Å². The second kappa shape index (κ2) is 5.29. The number of anilines is 2. The Bertz CT molecular complexity index is 570. The minimum Gasteiger partial charge on any atom is -0.478 e. The van der Waals surface area contributed by atoms with Crippen molar-refractivity contribution in [3.05, 3.63) is 45.1 Å². The van der Waals surface area contributed by atoms with Crippen LogP contribution in [0, 0.1) is 0 Å². The third kappa shape index (κ3) is 2.75. The highest BCUT2D eigenvalue weighted by molar-refractivity contribution is 7.07. The highest BCUT2D eigenvalue weighted by atomic mass is 35.5. The van der Waals surface area contributed by atoms with Crippen LogP contribution in [0.5, 0.6) is 0 Å². The first kappa shape index (κ1) is 12.7. The number of hydrogen-bond acceptors (Lipinski definition) is 4. The molecular formula is C12H11ClN2O2S. The van der Waals surface area contributed by atoms with Gasteiger partial charge in [-0.15, -0.1) is 0 Å². The molecule has 18 heavy (non-hydrogen) atoms. The lowest BCUT2D eigenvalue weighted by atomic mass is 10.1. The Balaban J connectivity index is 2.28. The molecule has 0 bridgehead atoms. The van der Waals surface area contributed by atoms with Crippen LogP contribution in [-0.2, 0) is 6.54 Å². The summed E-state index contributed by atoms with van der Waals surface area (Å²) in [7, 11) is 0. The second-order valence-electron chi connectivity index (χ2n) is 3.72. The van der Waals surface area contributed by atoms with E-state index in [1.54, 1.807) is 11.3 Å². The number of carboxylic acids is 1. The van der Waals surface area contributed by atoms with Crippen molar-refractivity contribution in [1.82, 2.24) is 0 Å². The van der Waals surface area contributed by atoms with Crippen molar-refractivity contribution in [2.45, 2.75) is 6.54 Å². The highest BCUT2D eigenvalue weighted by Gasteiger charge is 2.14. The molecular weight excluding hydrogens is 272 g/mol. The minimum atomic E-state index is -1.06. The Morgan fingerprint density at radius 1 is 1.50 bits per heavy atom. The molecule has 0 fully saturated rings. The largest absolute Gasteiger partial charge is 0.478 e. The molecule has 1 heterocycles. The number of nitrogen functional groups attached to an aromatic ring is 1. The lowest BCUT2D eigenvalue weighted by molar-refractivity contribution is 0.0698. The fraction of sp³-hybridized carbons (Fsp3) is 0.0833. The molecule has 4 N–H and O–H groups in total. The standard InChI is InChI=1S/C12H11ClN2O2S/c13-10-4-8(14)3-9(12(16)17)11(10)15-5-7-1-2-18-6-7/h1-4,6,15H,5,14H2,(H,16,17). The molecule has 0 aliphatic carbocycles. The Hall–Kier alpha value is -1.72. The molecule has 0 amide bonds. The normalized spacial score (nSPS) is 10.3. The summed E-state index contributed by atoms with van der Waals surface area (Å²) >= 11 is 7.60. The lowest BCUT2D eigenvalue weighted by Gasteiger charge is -2.11. The Morgan fingerprint density at radius 3 is 2.89 bits per heavy atom. The average Bonchev–Trinajstić information content (AvgIpc) is 2.79. The maximum atomic E-state index is 11.1. The molecule has 94 valence electrons. The Morgan fingerprint density at radius 2 is 2.28 bits per heavy atom. The van der Waals surface area contributed by atoms with E-state index in [2.05, 4.69) is 5.32 Å². The number of carbonyl (C=O) groups is 1. The van der Waals surface area contributed by atoms with Crippen LogP contribution in [-0.4, -0.2) is 11.1 Å². The summed E-state index contributed by atoms with van der Waals surface area (Å²) in [6.45, 7) is 0.521. The molecule has 0 unspecified atom stereocenters. The van der Waals surface area contributed by atoms with Crippen LogP contribution in [0.1, 0.15) is 15.9 Å². The molecule has 2 aromatic rings. The van der Waals surface area contributed by atoms with E-state index in [-0.39, 0.29) is 5.56 Å². The number of nitrogens with one attached hydrogen (secondary N) is 1. The number of aromatic carboxylic acids is 1. The minimum absolute atomic E-state index is 0.0789. The zero-order valence-corrected chi connectivity index (χ0v) is 10.9. The van der Waals surface area contributed by atoms with E-state index in [0.29, 0.717) is 22.9 Å².